The molecule has 0 amide bonds. The number of alkyl halides is 3. The molecule has 1 aliphatic heterocycles. The number of methoxy groups -OCH3 is 1. The summed E-state index contributed by atoms with van der Waals surface area (Å²) in [4.78, 5) is 10.2. The van der Waals surface area contributed by atoms with Gasteiger partial charge in [0.25, 0.3) is 0 Å². The van der Waals surface area contributed by atoms with Gasteiger partial charge in [-0.05, 0) is 68.5 Å². The minimum Gasteiger partial charge on any atom is -0.497 e. The molecule has 1 N–H and O–H groups in total. The molecule has 0 spiro atoms. The van der Waals surface area contributed by atoms with Crippen LogP contribution in [0.15, 0.2) is 59.8 Å². The van der Waals surface area contributed by atoms with Gasteiger partial charge in [0.05, 0.1) is 34.3 Å². The molecule has 4 nitrogen and oxygen atoms in total. The molecule has 1 unspecified atom stereocenters. The van der Waals surface area contributed by atoms with Crippen LogP contribution in [-0.4, -0.2) is 28.5 Å². The molecule has 0 bridgehead atoms. The van der Waals surface area contributed by atoms with Gasteiger partial charge < -0.3 is 14.6 Å². The van der Waals surface area contributed by atoms with Crippen molar-refractivity contribution in [3.05, 3.63) is 81.8 Å². The van der Waals surface area contributed by atoms with Gasteiger partial charge in [0.2, 0.25) is 0 Å². The maximum Gasteiger partial charge on any atom is 0.417 e. The van der Waals surface area contributed by atoms with E-state index in [-0.39, 0.29) is 10.9 Å². The van der Waals surface area contributed by atoms with Crippen LogP contribution in [0.3, 0.4) is 0 Å². The largest absolute Gasteiger partial charge is 0.497 e. The Hall–Kier alpha value is -2.93. The highest BCUT2D eigenvalue weighted by atomic mass is 35.5. The average Bonchev–Trinajstić information content (AvgIpc) is 3.42. The summed E-state index contributed by atoms with van der Waals surface area (Å²) < 4.78 is 45.4. The first-order chi connectivity index (χ1) is 16.6. The van der Waals surface area contributed by atoms with E-state index in [0.717, 1.165) is 43.3 Å². The molecule has 3 aromatic rings. The second kappa shape index (κ2) is 8.63. The highest BCUT2D eigenvalue weighted by molar-refractivity contribution is 6.32. The normalized spacial score (nSPS) is 22.9. The minimum absolute atomic E-state index is 0.230. The van der Waals surface area contributed by atoms with Gasteiger partial charge in [-0.3, -0.25) is 0 Å². The molecule has 1 aromatic heterocycles. The van der Waals surface area contributed by atoms with Crippen molar-refractivity contribution in [2.75, 3.05) is 13.7 Å². The third-order valence-electron chi connectivity index (χ3n) is 7.30. The molecule has 2 heterocycles. The maximum atomic E-state index is 13.4. The van der Waals surface area contributed by atoms with Crippen LogP contribution in [-0.2, 0) is 11.7 Å². The molecule has 8 heteroatoms. The third-order valence-corrected chi connectivity index (χ3v) is 7.62. The van der Waals surface area contributed by atoms with Gasteiger partial charge in [-0.1, -0.05) is 35.9 Å². The average molecular weight is 502 g/mol. The number of nitrogens with one attached hydrogen (secondary N) is 1. The zero-order chi connectivity index (χ0) is 25.0. The number of imidazole rings is 1. The van der Waals surface area contributed by atoms with Crippen molar-refractivity contribution < 1.29 is 17.9 Å². The van der Waals surface area contributed by atoms with Crippen LogP contribution in [0.4, 0.5) is 13.2 Å². The Morgan fingerprint density at radius 2 is 1.94 bits per heavy atom. The Balaban J connectivity index is 1.52. The molecule has 1 aliphatic carbocycles. The highest BCUT2D eigenvalue weighted by Crippen LogP contribution is 2.45. The lowest BCUT2D eigenvalue weighted by Crippen LogP contribution is -2.39. The summed E-state index contributed by atoms with van der Waals surface area (Å²) in [5.41, 5.74) is 3.00. The summed E-state index contributed by atoms with van der Waals surface area (Å²) in [5, 5.41) is -0.340. The number of H-pyrrole nitrogens is 1. The van der Waals surface area contributed by atoms with Crippen LogP contribution in [0, 0.1) is 0 Å². The van der Waals surface area contributed by atoms with E-state index in [4.69, 9.17) is 21.3 Å². The second-order valence-corrected chi connectivity index (χ2v) is 9.92. The number of rotatable bonds is 4. The van der Waals surface area contributed by atoms with Gasteiger partial charge in [-0.2, -0.15) is 13.2 Å². The first-order valence-electron chi connectivity index (χ1n) is 11.7. The van der Waals surface area contributed by atoms with Crippen molar-refractivity contribution >= 4 is 22.6 Å². The molecule has 35 heavy (non-hydrogen) atoms. The van der Waals surface area contributed by atoms with Crippen LogP contribution in [0.5, 0.6) is 5.75 Å². The zero-order valence-corrected chi connectivity index (χ0v) is 20.6. The first-order valence-corrected chi connectivity index (χ1v) is 12.1. The summed E-state index contributed by atoms with van der Waals surface area (Å²) in [6, 6.07) is 10.5. The third kappa shape index (κ3) is 4.20. The molecule has 2 aliphatic rings. The molecular weight excluding hydrogens is 475 g/mol. The van der Waals surface area contributed by atoms with Crippen LogP contribution >= 0.6 is 11.6 Å². The number of nitrogens with zero attached hydrogens (tertiary/aromatic N) is 2. The maximum absolute atomic E-state index is 13.4. The summed E-state index contributed by atoms with van der Waals surface area (Å²) in [6.07, 6.45) is 2.75. The fourth-order valence-corrected chi connectivity index (χ4v) is 5.55. The van der Waals surface area contributed by atoms with Crippen molar-refractivity contribution in [3.63, 3.8) is 0 Å². The lowest BCUT2D eigenvalue weighted by Gasteiger charge is -2.39. The van der Waals surface area contributed by atoms with Gasteiger partial charge in [-0.25, -0.2) is 4.98 Å². The molecule has 1 saturated heterocycles. The summed E-state index contributed by atoms with van der Waals surface area (Å²) >= 11 is 5.95. The summed E-state index contributed by atoms with van der Waals surface area (Å²) in [7, 11) is 1.66. The fourth-order valence-electron chi connectivity index (χ4n) is 5.28. The van der Waals surface area contributed by atoms with Crippen molar-refractivity contribution in [2.24, 2.45) is 0 Å². The monoisotopic (exact) mass is 501 g/mol. The van der Waals surface area contributed by atoms with Crippen LogP contribution in [0.1, 0.15) is 56.0 Å². The Morgan fingerprint density at radius 1 is 1.20 bits per heavy atom. The molecular formula is C27H27ClF3N3O. The Labute approximate surface area is 207 Å². The van der Waals surface area contributed by atoms with Gasteiger partial charge in [0.15, 0.2) is 0 Å². The lowest BCUT2D eigenvalue weighted by molar-refractivity contribution is -0.137. The molecule has 1 fully saturated rings. The molecule has 2 atom stereocenters. The van der Waals surface area contributed by atoms with Crippen molar-refractivity contribution in [1.82, 2.24) is 14.9 Å². The van der Waals surface area contributed by atoms with Crippen molar-refractivity contribution in [1.29, 1.82) is 0 Å². The quantitative estimate of drug-likeness (QED) is 0.400. The fraction of sp³-hybridized carbons (Fsp3) is 0.370. The number of likely N-dealkylation sites (tertiary alicyclic amines) is 1. The number of allylic oxidation sites excluding steroid dienone is 3. The first kappa shape index (κ1) is 23.8. The van der Waals surface area contributed by atoms with Crippen LogP contribution < -0.4 is 4.74 Å². The predicted molar refractivity (Wildman–Crippen MR) is 132 cm³/mol. The highest BCUT2D eigenvalue weighted by Gasteiger charge is 2.43. The SMILES string of the molecule is COc1ccc(C2C=C(N3CCC[C@@]3(C)c3nc4cc(Cl)c(C(F)(F)F)cc4[nH]3)C(C)=CC2)cc1. The van der Waals surface area contributed by atoms with Gasteiger partial charge in [0, 0.05) is 18.2 Å². The number of fused-ring (bicyclic) bond motifs is 1. The number of aromatic nitrogens is 2. The van der Waals surface area contributed by atoms with Crippen LogP contribution in [0.2, 0.25) is 5.02 Å². The van der Waals surface area contributed by atoms with E-state index in [2.05, 4.69) is 48.0 Å². The number of hydrogen-bond donors (Lipinski definition) is 1. The Bertz CT molecular complexity index is 1330. The van der Waals surface area contributed by atoms with E-state index < -0.39 is 17.3 Å². The number of halogens is 4. The molecule has 184 valence electrons. The van der Waals surface area contributed by atoms with Crippen LogP contribution in [0.25, 0.3) is 11.0 Å². The van der Waals surface area contributed by atoms with Gasteiger partial charge in [-0.15, -0.1) is 0 Å². The Morgan fingerprint density at radius 3 is 2.63 bits per heavy atom. The van der Waals surface area contributed by atoms with E-state index in [1.807, 2.05) is 12.1 Å². The summed E-state index contributed by atoms with van der Waals surface area (Å²) in [5.74, 6) is 1.71. The number of hydrogen-bond acceptors (Lipinski definition) is 3. The summed E-state index contributed by atoms with van der Waals surface area (Å²) in [6.45, 7) is 5.06. The minimum atomic E-state index is -4.52. The molecule has 0 radical (unpaired) electrons. The Kier molecular flexibility index (Phi) is 5.86. The lowest BCUT2D eigenvalue weighted by atomic mass is 9.87. The smallest absolute Gasteiger partial charge is 0.417 e. The van der Waals surface area contributed by atoms with Crippen molar-refractivity contribution in [3.8, 4) is 5.75 Å². The van der Waals surface area contributed by atoms with E-state index in [9.17, 15) is 13.2 Å². The number of aromatic amines is 1. The number of benzene rings is 2. The van der Waals surface area contributed by atoms with Gasteiger partial charge in [0.1, 0.15) is 11.6 Å². The standard InChI is InChI=1S/C27H27ClF3N3O/c1-16-5-6-18(17-7-9-19(35-3)10-8-17)13-24(16)34-12-4-11-26(34,2)25-32-22-14-20(27(29,30)31)21(28)15-23(22)33-25/h5,7-10,13-15,18H,4,6,11-12H2,1-3H3,(H,32,33)/t18?,26-/m0/s1. The molecule has 0 saturated carbocycles. The zero-order valence-electron chi connectivity index (χ0n) is 19.8. The topological polar surface area (TPSA) is 41.1 Å². The van der Waals surface area contributed by atoms with Crippen molar-refractivity contribution in [2.45, 2.75) is 50.7 Å². The van der Waals surface area contributed by atoms with E-state index in [1.54, 1.807) is 7.11 Å². The van der Waals surface area contributed by atoms with E-state index in [1.165, 1.54) is 17.2 Å². The second-order valence-electron chi connectivity index (χ2n) is 9.52. The molecule has 2 aromatic carbocycles. The predicted octanol–water partition coefficient (Wildman–Crippen LogP) is 7.57. The number of ether oxygens (including phenoxy) is 1. The molecule has 5 rings (SSSR count). The van der Waals surface area contributed by atoms with Gasteiger partial charge >= 0.3 is 6.18 Å². The van der Waals surface area contributed by atoms with E-state index in [0.29, 0.717) is 16.9 Å². The van der Waals surface area contributed by atoms with E-state index >= 15 is 0 Å².